The molecule has 1 aromatic heterocycles. The highest BCUT2D eigenvalue weighted by molar-refractivity contribution is 5.99. The molecular weight excluding hydrogens is 340 g/mol. The maximum absolute atomic E-state index is 11.1. The van der Waals surface area contributed by atoms with Gasteiger partial charge in [-0.05, 0) is 57.9 Å². The molecule has 0 atom stereocenters. The van der Waals surface area contributed by atoms with Gasteiger partial charge in [0, 0.05) is 22.6 Å². The first-order valence-corrected chi connectivity index (χ1v) is 8.70. The number of hydrogen-bond donors (Lipinski definition) is 1. The molecule has 3 aromatic rings. The number of nitro groups is 1. The average Bonchev–Trinajstić information content (AvgIpc) is 2.60. The molecule has 1 heterocycles. The normalized spacial score (nSPS) is 11.7. The highest BCUT2D eigenvalue weighted by atomic mass is 16.6. The fraction of sp³-hybridized carbons (Fsp3) is 0.238. The van der Waals surface area contributed by atoms with Gasteiger partial charge in [-0.15, -0.1) is 0 Å². The zero-order valence-corrected chi connectivity index (χ0v) is 16.1. The largest absolute Gasteiger partial charge is 0.272 e. The second-order valence-electron chi connectivity index (χ2n) is 6.87. The van der Waals surface area contributed by atoms with Crippen LogP contribution in [0.3, 0.4) is 0 Å². The molecule has 0 bridgehead atoms. The van der Waals surface area contributed by atoms with E-state index < -0.39 is 0 Å². The average molecular weight is 362 g/mol. The Labute approximate surface area is 158 Å². The van der Waals surface area contributed by atoms with Crippen molar-refractivity contribution in [3.05, 3.63) is 74.3 Å². The molecule has 2 aromatic carbocycles. The molecule has 27 heavy (non-hydrogen) atoms. The number of benzene rings is 2. The molecule has 0 aliphatic carbocycles. The van der Waals surface area contributed by atoms with E-state index in [1.165, 1.54) is 5.56 Å². The lowest BCUT2D eigenvalue weighted by atomic mass is 10.0. The van der Waals surface area contributed by atoms with E-state index in [4.69, 9.17) is 0 Å². The van der Waals surface area contributed by atoms with E-state index in [2.05, 4.69) is 34.6 Å². The number of nitrogens with zero attached hydrogens (tertiary/aromatic N) is 3. The molecule has 0 saturated carbocycles. The molecule has 0 aliphatic rings. The van der Waals surface area contributed by atoms with Crippen LogP contribution in [0, 0.1) is 37.8 Å². The van der Waals surface area contributed by atoms with Gasteiger partial charge >= 0.3 is 0 Å². The predicted molar refractivity (Wildman–Crippen MR) is 110 cm³/mol. The first-order chi connectivity index (χ1) is 12.8. The second-order valence-corrected chi connectivity index (χ2v) is 6.87. The third-order valence-corrected chi connectivity index (χ3v) is 4.62. The van der Waals surface area contributed by atoms with Gasteiger partial charge < -0.3 is 0 Å². The van der Waals surface area contributed by atoms with Gasteiger partial charge in [0.2, 0.25) is 0 Å². The Kier molecular flexibility index (Phi) is 4.90. The van der Waals surface area contributed by atoms with E-state index >= 15 is 0 Å². The van der Waals surface area contributed by atoms with Crippen molar-refractivity contribution in [2.45, 2.75) is 34.6 Å². The summed E-state index contributed by atoms with van der Waals surface area (Å²) in [5.41, 5.74) is 9.45. The van der Waals surface area contributed by atoms with Crippen LogP contribution in [-0.2, 0) is 0 Å². The minimum atomic E-state index is -0.376. The van der Waals surface area contributed by atoms with Crippen LogP contribution < -0.4 is 5.43 Å². The lowest BCUT2D eigenvalue weighted by Crippen LogP contribution is -2.03. The summed E-state index contributed by atoms with van der Waals surface area (Å²) in [5.74, 6) is 0.646. The van der Waals surface area contributed by atoms with E-state index in [0.29, 0.717) is 22.7 Å². The number of nitro benzene ring substituents is 1. The molecule has 0 amide bonds. The number of fused-ring (bicyclic) bond motifs is 1. The number of anilines is 1. The monoisotopic (exact) mass is 362 g/mol. The van der Waals surface area contributed by atoms with Crippen molar-refractivity contribution in [3.63, 3.8) is 0 Å². The van der Waals surface area contributed by atoms with Crippen molar-refractivity contribution in [3.8, 4) is 0 Å². The predicted octanol–water partition coefficient (Wildman–Crippen LogP) is 5.21. The summed E-state index contributed by atoms with van der Waals surface area (Å²) >= 11 is 0. The third kappa shape index (κ3) is 3.79. The number of nitrogens with one attached hydrogen (secondary N) is 1. The lowest BCUT2D eigenvalue weighted by molar-refractivity contribution is -0.385. The minimum Gasteiger partial charge on any atom is -0.261 e. The number of hydrogen-bond acceptors (Lipinski definition) is 5. The topological polar surface area (TPSA) is 80.4 Å². The molecule has 0 radical (unpaired) electrons. The first-order valence-electron chi connectivity index (χ1n) is 8.70. The summed E-state index contributed by atoms with van der Waals surface area (Å²) < 4.78 is 0. The molecule has 0 unspecified atom stereocenters. The van der Waals surface area contributed by atoms with Crippen LogP contribution in [0.15, 0.2) is 41.5 Å². The summed E-state index contributed by atoms with van der Waals surface area (Å²) in [7, 11) is 0. The Bertz CT molecular complexity index is 1090. The Morgan fingerprint density at radius 3 is 2.48 bits per heavy atom. The van der Waals surface area contributed by atoms with Crippen molar-refractivity contribution in [1.29, 1.82) is 0 Å². The molecule has 0 aliphatic heterocycles. The van der Waals surface area contributed by atoms with Crippen molar-refractivity contribution in [1.82, 2.24) is 4.98 Å². The number of aromatic nitrogens is 1. The van der Waals surface area contributed by atoms with Crippen LogP contribution in [0.2, 0.25) is 0 Å². The smallest absolute Gasteiger partial charge is 0.261 e. The van der Waals surface area contributed by atoms with Gasteiger partial charge in [-0.2, -0.15) is 5.10 Å². The molecule has 0 fully saturated rings. The van der Waals surface area contributed by atoms with E-state index in [1.54, 1.807) is 19.1 Å². The fourth-order valence-electron chi connectivity index (χ4n) is 3.14. The van der Waals surface area contributed by atoms with E-state index in [0.717, 1.165) is 22.0 Å². The summed E-state index contributed by atoms with van der Waals surface area (Å²) in [5, 5.41) is 16.6. The van der Waals surface area contributed by atoms with Gasteiger partial charge in [-0.25, -0.2) is 4.98 Å². The summed E-state index contributed by atoms with van der Waals surface area (Å²) in [4.78, 5) is 15.4. The molecule has 0 saturated heterocycles. The van der Waals surface area contributed by atoms with Gasteiger partial charge in [-0.3, -0.25) is 15.5 Å². The Morgan fingerprint density at radius 1 is 1.04 bits per heavy atom. The van der Waals surface area contributed by atoms with Gasteiger partial charge in [0.25, 0.3) is 5.69 Å². The van der Waals surface area contributed by atoms with Crippen molar-refractivity contribution in [2.24, 2.45) is 5.10 Å². The number of aryl methyl sites for hydroxylation is 4. The van der Waals surface area contributed by atoms with E-state index in [1.807, 2.05) is 32.9 Å². The minimum absolute atomic E-state index is 0.0905. The van der Waals surface area contributed by atoms with Crippen LogP contribution in [-0.4, -0.2) is 15.6 Å². The van der Waals surface area contributed by atoms with Crippen LogP contribution in [0.25, 0.3) is 10.9 Å². The SMILES string of the molecule is CC(=NNc1cc(C)c2cc(C)cc(C)c2n1)c1ccc(C)c([N+](=O)[O-])c1. The Morgan fingerprint density at radius 2 is 1.78 bits per heavy atom. The summed E-state index contributed by atoms with van der Waals surface area (Å²) in [6.07, 6.45) is 0. The van der Waals surface area contributed by atoms with Crippen molar-refractivity contribution >= 4 is 28.1 Å². The standard InChI is InChI=1S/C21H22N4O2/c1-12-8-15(4)21-18(9-12)14(3)10-20(22-21)24-23-16(5)17-7-6-13(2)19(11-17)25(26)27/h6-11H,1-5H3,(H,22,24). The van der Waals surface area contributed by atoms with Crippen LogP contribution >= 0.6 is 0 Å². The van der Waals surface area contributed by atoms with Gasteiger partial charge in [0.15, 0.2) is 0 Å². The van der Waals surface area contributed by atoms with E-state index in [-0.39, 0.29) is 10.6 Å². The zero-order valence-electron chi connectivity index (χ0n) is 16.1. The molecule has 138 valence electrons. The van der Waals surface area contributed by atoms with Crippen molar-refractivity contribution in [2.75, 3.05) is 5.43 Å². The van der Waals surface area contributed by atoms with Gasteiger partial charge in [0.05, 0.1) is 16.2 Å². The third-order valence-electron chi connectivity index (χ3n) is 4.62. The van der Waals surface area contributed by atoms with Crippen LogP contribution in [0.4, 0.5) is 11.5 Å². The molecule has 3 rings (SSSR count). The number of hydrazone groups is 1. The molecule has 1 N–H and O–H groups in total. The maximum Gasteiger partial charge on any atom is 0.272 e. The first kappa shape index (κ1) is 18.5. The molecule has 0 spiro atoms. The second kappa shape index (κ2) is 7.15. The molecule has 6 heteroatoms. The highest BCUT2D eigenvalue weighted by Gasteiger charge is 2.12. The Hall–Kier alpha value is -3.28. The van der Waals surface area contributed by atoms with Crippen molar-refractivity contribution < 1.29 is 4.92 Å². The van der Waals surface area contributed by atoms with Crippen LogP contribution in [0.5, 0.6) is 0 Å². The molecular formula is C21H22N4O2. The van der Waals surface area contributed by atoms with Gasteiger partial charge in [0.1, 0.15) is 5.82 Å². The summed E-state index contributed by atoms with van der Waals surface area (Å²) in [6.45, 7) is 9.70. The fourth-order valence-corrected chi connectivity index (χ4v) is 3.14. The quantitative estimate of drug-likeness (QED) is 0.392. The molecule has 6 nitrogen and oxygen atoms in total. The van der Waals surface area contributed by atoms with E-state index in [9.17, 15) is 10.1 Å². The number of rotatable bonds is 4. The lowest BCUT2D eigenvalue weighted by Gasteiger charge is -2.10. The number of pyridine rings is 1. The Balaban J connectivity index is 1.94. The highest BCUT2D eigenvalue weighted by Crippen LogP contribution is 2.25. The van der Waals surface area contributed by atoms with Crippen LogP contribution in [0.1, 0.15) is 34.7 Å². The van der Waals surface area contributed by atoms with Gasteiger partial charge in [-0.1, -0.05) is 23.8 Å². The maximum atomic E-state index is 11.1. The zero-order chi connectivity index (χ0) is 19.7. The summed E-state index contributed by atoms with van der Waals surface area (Å²) in [6, 6.07) is 11.3.